The molecule has 1 heterocycles. The molecule has 0 bridgehead atoms. The maximum absolute atomic E-state index is 12.3. The SMILES string of the molecule is CCC(CC)C(=O)NC[C@H](c1ccc(C)cc1)N1CCCCC1. The Morgan fingerprint density at radius 2 is 1.70 bits per heavy atom. The minimum atomic E-state index is 0.148. The third-order valence-corrected chi connectivity index (χ3v) is 5.12. The van der Waals surface area contributed by atoms with Gasteiger partial charge in [0.15, 0.2) is 0 Å². The highest BCUT2D eigenvalue weighted by Gasteiger charge is 2.24. The van der Waals surface area contributed by atoms with Crippen LogP contribution >= 0.6 is 0 Å². The number of likely N-dealkylation sites (tertiary alicyclic amines) is 1. The monoisotopic (exact) mass is 316 g/mol. The molecular weight excluding hydrogens is 284 g/mol. The van der Waals surface area contributed by atoms with Crippen molar-refractivity contribution in [3.63, 3.8) is 0 Å². The van der Waals surface area contributed by atoms with Gasteiger partial charge in [-0.3, -0.25) is 9.69 Å². The number of hydrogen-bond acceptors (Lipinski definition) is 2. The molecule has 1 atom stereocenters. The molecule has 1 aromatic carbocycles. The quantitative estimate of drug-likeness (QED) is 0.822. The van der Waals surface area contributed by atoms with Gasteiger partial charge in [0.05, 0.1) is 6.04 Å². The zero-order valence-electron chi connectivity index (χ0n) is 15.0. The Labute approximate surface area is 141 Å². The van der Waals surface area contributed by atoms with Gasteiger partial charge in [0, 0.05) is 12.5 Å². The number of amides is 1. The number of aryl methyl sites for hydroxylation is 1. The fraction of sp³-hybridized carbons (Fsp3) is 0.650. The molecule has 1 aromatic rings. The first-order valence-electron chi connectivity index (χ1n) is 9.24. The molecule has 1 saturated heterocycles. The number of nitrogens with zero attached hydrogens (tertiary/aromatic N) is 1. The third-order valence-electron chi connectivity index (χ3n) is 5.12. The van der Waals surface area contributed by atoms with E-state index < -0.39 is 0 Å². The van der Waals surface area contributed by atoms with Crippen molar-refractivity contribution in [1.82, 2.24) is 10.2 Å². The summed E-state index contributed by atoms with van der Waals surface area (Å²) < 4.78 is 0. The lowest BCUT2D eigenvalue weighted by atomic mass is 9.99. The molecule has 1 aliphatic rings. The number of carbonyl (C=O) groups excluding carboxylic acids is 1. The molecule has 23 heavy (non-hydrogen) atoms. The van der Waals surface area contributed by atoms with Crippen LogP contribution < -0.4 is 5.32 Å². The van der Waals surface area contributed by atoms with E-state index in [0.29, 0.717) is 6.04 Å². The standard InChI is InChI=1S/C20H32N2O/c1-4-17(5-2)20(23)21-15-19(22-13-7-6-8-14-22)18-11-9-16(3)10-12-18/h9-12,17,19H,4-8,13-15H2,1-3H3,(H,21,23)/t19-/m1/s1. The van der Waals surface area contributed by atoms with Crippen LogP contribution in [0.1, 0.15) is 63.1 Å². The van der Waals surface area contributed by atoms with E-state index in [0.717, 1.165) is 32.5 Å². The van der Waals surface area contributed by atoms with E-state index in [2.05, 4.69) is 55.3 Å². The van der Waals surface area contributed by atoms with E-state index in [4.69, 9.17) is 0 Å². The lowest BCUT2D eigenvalue weighted by Crippen LogP contribution is -2.42. The molecule has 0 saturated carbocycles. The molecule has 0 radical (unpaired) electrons. The predicted molar refractivity (Wildman–Crippen MR) is 96.4 cm³/mol. The Bertz CT molecular complexity index is 473. The van der Waals surface area contributed by atoms with Crippen LogP contribution in [0.2, 0.25) is 0 Å². The average molecular weight is 316 g/mol. The fourth-order valence-corrected chi connectivity index (χ4v) is 3.48. The van der Waals surface area contributed by atoms with Crippen LogP contribution in [0.25, 0.3) is 0 Å². The Hall–Kier alpha value is -1.35. The summed E-state index contributed by atoms with van der Waals surface area (Å²) in [5.41, 5.74) is 2.61. The fourth-order valence-electron chi connectivity index (χ4n) is 3.48. The maximum Gasteiger partial charge on any atom is 0.223 e. The summed E-state index contributed by atoms with van der Waals surface area (Å²) in [5, 5.41) is 3.21. The molecule has 128 valence electrons. The van der Waals surface area contributed by atoms with E-state index in [9.17, 15) is 4.79 Å². The normalized spacial score (nSPS) is 17.2. The van der Waals surface area contributed by atoms with Gasteiger partial charge in [-0.15, -0.1) is 0 Å². The van der Waals surface area contributed by atoms with Crippen molar-refractivity contribution < 1.29 is 4.79 Å². The molecular formula is C20H32N2O. The average Bonchev–Trinajstić information content (AvgIpc) is 2.58. The van der Waals surface area contributed by atoms with Crippen LogP contribution in [0.15, 0.2) is 24.3 Å². The van der Waals surface area contributed by atoms with Crippen molar-refractivity contribution in [2.75, 3.05) is 19.6 Å². The number of piperidine rings is 1. The highest BCUT2D eigenvalue weighted by molar-refractivity contribution is 5.78. The van der Waals surface area contributed by atoms with Gasteiger partial charge in [0.25, 0.3) is 0 Å². The van der Waals surface area contributed by atoms with Crippen LogP contribution in [-0.2, 0) is 4.79 Å². The Morgan fingerprint density at radius 1 is 1.09 bits per heavy atom. The van der Waals surface area contributed by atoms with Crippen molar-refractivity contribution in [3.8, 4) is 0 Å². The highest BCUT2D eigenvalue weighted by atomic mass is 16.1. The number of hydrogen-bond donors (Lipinski definition) is 1. The van der Waals surface area contributed by atoms with E-state index in [1.807, 2.05) is 0 Å². The number of nitrogens with one attached hydrogen (secondary N) is 1. The third kappa shape index (κ3) is 5.07. The van der Waals surface area contributed by atoms with Crippen molar-refractivity contribution >= 4 is 5.91 Å². The highest BCUT2D eigenvalue weighted by Crippen LogP contribution is 2.24. The molecule has 3 heteroatoms. The van der Waals surface area contributed by atoms with Crippen LogP contribution in [0, 0.1) is 12.8 Å². The maximum atomic E-state index is 12.3. The van der Waals surface area contributed by atoms with Crippen molar-refractivity contribution in [3.05, 3.63) is 35.4 Å². The van der Waals surface area contributed by atoms with E-state index in [1.165, 1.54) is 30.4 Å². The summed E-state index contributed by atoms with van der Waals surface area (Å²) in [6.07, 6.45) is 5.70. The molecule has 0 aromatic heterocycles. The second-order valence-electron chi connectivity index (χ2n) is 6.78. The van der Waals surface area contributed by atoms with Gasteiger partial charge in [-0.05, 0) is 51.3 Å². The minimum absolute atomic E-state index is 0.148. The van der Waals surface area contributed by atoms with Crippen molar-refractivity contribution in [1.29, 1.82) is 0 Å². The zero-order valence-corrected chi connectivity index (χ0v) is 15.0. The summed E-state index contributed by atoms with van der Waals surface area (Å²) in [4.78, 5) is 14.9. The first-order valence-corrected chi connectivity index (χ1v) is 9.24. The van der Waals surface area contributed by atoms with Gasteiger partial charge >= 0.3 is 0 Å². The van der Waals surface area contributed by atoms with Gasteiger partial charge in [-0.2, -0.15) is 0 Å². The van der Waals surface area contributed by atoms with E-state index in [-0.39, 0.29) is 11.8 Å². The molecule has 1 amide bonds. The largest absolute Gasteiger partial charge is 0.354 e. The molecule has 0 aliphatic carbocycles. The van der Waals surface area contributed by atoms with Crippen molar-refractivity contribution in [2.24, 2.45) is 5.92 Å². The number of rotatable bonds is 7. The zero-order chi connectivity index (χ0) is 16.7. The molecule has 3 nitrogen and oxygen atoms in total. The Balaban J connectivity index is 2.07. The Morgan fingerprint density at radius 3 is 2.26 bits per heavy atom. The summed E-state index contributed by atoms with van der Waals surface area (Å²) in [5.74, 6) is 0.360. The van der Waals surface area contributed by atoms with Crippen molar-refractivity contribution in [2.45, 2.75) is 58.9 Å². The first kappa shape index (κ1) is 18.0. The summed E-state index contributed by atoms with van der Waals surface area (Å²) in [6.45, 7) is 9.30. The second-order valence-corrected chi connectivity index (χ2v) is 6.78. The predicted octanol–water partition coefficient (Wildman–Crippen LogP) is 4.07. The van der Waals surface area contributed by atoms with Crippen LogP contribution in [-0.4, -0.2) is 30.4 Å². The van der Waals surface area contributed by atoms with E-state index in [1.54, 1.807) is 0 Å². The van der Waals surface area contributed by atoms with Crippen LogP contribution in [0.3, 0.4) is 0 Å². The molecule has 0 unspecified atom stereocenters. The van der Waals surface area contributed by atoms with Gasteiger partial charge in [0.1, 0.15) is 0 Å². The lowest BCUT2D eigenvalue weighted by molar-refractivity contribution is -0.125. The number of benzene rings is 1. The van der Waals surface area contributed by atoms with Crippen LogP contribution in [0.5, 0.6) is 0 Å². The van der Waals surface area contributed by atoms with Gasteiger partial charge < -0.3 is 5.32 Å². The molecule has 1 N–H and O–H groups in total. The second kappa shape index (κ2) is 9.07. The Kier molecular flexibility index (Phi) is 7.10. The molecule has 2 rings (SSSR count). The molecule has 1 fully saturated rings. The number of carbonyl (C=O) groups is 1. The minimum Gasteiger partial charge on any atom is -0.354 e. The van der Waals surface area contributed by atoms with Gasteiger partial charge in [-0.25, -0.2) is 0 Å². The summed E-state index contributed by atoms with van der Waals surface area (Å²) in [7, 11) is 0. The smallest absolute Gasteiger partial charge is 0.223 e. The van der Waals surface area contributed by atoms with Gasteiger partial charge in [-0.1, -0.05) is 50.1 Å². The molecule has 1 aliphatic heterocycles. The summed E-state index contributed by atoms with van der Waals surface area (Å²) >= 11 is 0. The first-order chi connectivity index (χ1) is 11.2. The van der Waals surface area contributed by atoms with E-state index >= 15 is 0 Å². The topological polar surface area (TPSA) is 32.3 Å². The lowest BCUT2D eigenvalue weighted by Gasteiger charge is -2.35. The van der Waals surface area contributed by atoms with Crippen LogP contribution in [0.4, 0.5) is 0 Å². The van der Waals surface area contributed by atoms with Gasteiger partial charge in [0.2, 0.25) is 5.91 Å². The summed E-state index contributed by atoms with van der Waals surface area (Å²) in [6, 6.07) is 9.09. The molecule has 0 spiro atoms.